The first-order valence-corrected chi connectivity index (χ1v) is 13.4. The van der Waals surface area contributed by atoms with Crippen molar-refractivity contribution in [2.45, 2.75) is 85.6 Å². The Morgan fingerprint density at radius 2 is 1.26 bits per heavy atom. The lowest BCUT2D eigenvalue weighted by atomic mass is 10.0. The number of rotatable bonds is 16. The van der Waals surface area contributed by atoms with Crippen molar-refractivity contribution in [3.8, 4) is 0 Å². The number of unbranched alkanes of at least 4 members (excludes halogenated alkanes) is 2. The largest absolute Gasteiger partial charge is 0.697 e. The molecule has 2 atom stereocenters. The first-order chi connectivity index (χ1) is 14.8. The van der Waals surface area contributed by atoms with E-state index in [-0.39, 0.29) is 0 Å². The summed E-state index contributed by atoms with van der Waals surface area (Å²) in [5.41, 5.74) is 1.40. The van der Waals surface area contributed by atoms with Gasteiger partial charge in [0.2, 0.25) is 0 Å². The Balaban J connectivity index is 0.000000683. The highest BCUT2D eigenvalue weighted by Crippen LogP contribution is 2.28. The lowest BCUT2D eigenvalue weighted by molar-refractivity contribution is -0.884. The van der Waals surface area contributed by atoms with Crippen molar-refractivity contribution >= 4 is 8.25 Å². The van der Waals surface area contributed by atoms with E-state index in [1.165, 1.54) is 31.2 Å². The van der Waals surface area contributed by atoms with Gasteiger partial charge >= 0.3 is 8.25 Å². The maximum absolute atomic E-state index is 11.7. The van der Waals surface area contributed by atoms with Crippen molar-refractivity contribution in [2.75, 3.05) is 34.4 Å². The lowest BCUT2D eigenvalue weighted by Crippen LogP contribution is -2.33. The quantitative estimate of drug-likeness (QED) is 0.187. The second-order valence-electron chi connectivity index (χ2n) is 9.58. The van der Waals surface area contributed by atoms with Crippen molar-refractivity contribution in [1.29, 1.82) is 0 Å². The smallest absolute Gasteiger partial charge is 0.327 e. The molecule has 1 aromatic carbocycles. The van der Waals surface area contributed by atoms with Gasteiger partial charge in [-0.05, 0) is 24.7 Å². The van der Waals surface area contributed by atoms with E-state index in [0.29, 0.717) is 25.0 Å². The van der Waals surface area contributed by atoms with Crippen molar-refractivity contribution in [3.05, 3.63) is 35.9 Å². The van der Waals surface area contributed by atoms with Crippen LogP contribution in [0, 0.1) is 11.8 Å². The number of hydrogen-bond acceptors (Lipinski definition) is 3. The fraction of sp³-hybridized carbons (Fsp3) is 0.769. The molecule has 1 rings (SSSR count). The van der Waals surface area contributed by atoms with Gasteiger partial charge in [-0.25, -0.2) is 0 Å². The monoisotopic (exact) mass is 455 g/mol. The van der Waals surface area contributed by atoms with Crippen molar-refractivity contribution in [1.82, 2.24) is 0 Å². The average Bonchev–Trinajstić information content (AvgIpc) is 2.74. The van der Waals surface area contributed by atoms with Gasteiger partial charge in [0.05, 0.1) is 21.1 Å². The van der Waals surface area contributed by atoms with Crippen LogP contribution in [0.3, 0.4) is 0 Å². The first-order valence-electron chi connectivity index (χ1n) is 12.3. The molecule has 0 spiro atoms. The molecule has 5 heteroatoms. The topological polar surface area (TPSA) is 35.5 Å². The summed E-state index contributed by atoms with van der Waals surface area (Å²) in [5.74, 6) is 1.03. The third kappa shape index (κ3) is 18.5. The number of quaternary nitrogens is 1. The molecule has 31 heavy (non-hydrogen) atoms. The van der Waals surface area contributed by atoms with Crippen LogP contribution in [0.1, 0.15) is 84.6 Å². The van der Waals surface area contributed by atoms with Gasteiger partial charge in [-0.3, -0.25) is 0 Å². The number of nitrogens with zero attached hydrogens (tertiary/aromatic N) is 1. The minimum atomic E-state index is -1.94. The second kappa shape index (κ2) is 18.7. The minimum absolute atomic E-state index is 0.513. The molecule has 0 bridgehead atoms. The van der Waals surface area contributed by atoms with E-state index in [1.54, 1.807) is 0 Å². The number of hydrogen-bond donors (Lipinski definition) is 0. The van der Waals surface area contributed by atoms with E-state index in [9.17, 15) is 4.57 Å². The van der Waals surface area contributed by atoms with Crippen molar-refractivity contribution < 1.29 is 18.1 Å². The molecule has 0 radical (unpaired) electrons. The first kappa shape index (κ1) is 30.2. The Morgan fingerprint density at radius 1 is 0.806 bits per heavy atom. The molecule has 0 saturated carbocycles. The second-order valence-corrected chi connectivity index (χ2v) is 10.5. The summed E-state index contributed by atoms with van der Waals surface area (Å²) in [5, 5.41) is 0. The molecular weight excluding hydrogens is 405 g/mol. The number of benzene rings is 1. The molecule has 0 aliphatic heterocycles. The van der Waals surface area contributed by atoms with Gasteiger partial charge in [0.1, 0.15) is 19.8 Å². The van der Waals surface area contributed by atoms with E-state index in [4.69, 9.17) is 9.05 Å². The van der Waals surface area contributed by atoms with Gasteiger partial charge < -0.3 is 4.48 Å². The molecule has 1 aromatic rings. The summed E-state index contributed by atoms with van der Waals surface area (Å²) in [7, 11) is 4.67. The summed E-state index contributed by atoms with van der Waals surface area (Å²) in [4.78, 5) is 0. The fourth-order valence-electron chi connectivity index (χ4n) is 3.30. The average molecular weight is 456 g/mol. The molecule has 4 nitrogen and oxygen atoms in total. The summed E-state index contributed by atoms with van der Waals surface area (Å²) < 4.78 is 23.5. The zero-order valence-corrected chi connectivity index (χ0v) is 22.3. The Morgan fingerprint density at radius 3 is 1.61 bits per heavy atom. The van der Waals surface area contributed by atoms with E-state index in [0.717, 1.165) is 36.7 Å². The van der Waals surface area contributed by atoms with Crippen LogP contribution in [0.15, 0.2) is 30.3 Å². The van der Waals surface area contributed by atoms with Crippen molar-refractivity contribution in [3.63, 3.8) is 0 Å². The molecule has 0 aromatic heterocycles. The standard InChI is InChI=1S/C16H34O3P.C10H16N/c1-5-9-11-15(7-3)13-18-20(17)19-14-16(8-4)12-10-6-2;1-11(2,3)9-10-7-5-4-6-8-10/h15-16H,5-14H2,1-4H3;4-8H,9H2,1-3H3/q2*+1. The zero-order valence-electron chi connectivity index (χ0n) is 21.4. The summed E-state index contributed by atoms with van der Waals surface area (Å²) in [6, 6.07) is 10.6. The van der Waals surface area contributed by atoms with Gasteiger partial charge in [-0.15, -0.1) is 9.05 Å². The molecule has 0 aliphatic carbocycles. The molecule has 180 valence electrons. The summed E-state index contributed by atoms with van der Waals surface area (Å²) >= 11 is 0. The van der Waals surface area contributed by atoms with Gasteiger partial charge in [0.25, 0.3) is 0 Å². The van der Waals surface area contributed by atoms with Crippen LogP contribution in [0.5, 0.6) is 0 Å². The van der Waals surface area contributed by atoms with Gasteiger partial charge in [0, 0.05) is 10.1 Å². The highest BCUT2D eigenvalue weighted by Gasteiger charge is 2.24. The molecule has 0 amide bonds. The van der Waals surface area contributed by atoms with E-state index >= 15 is 0 Å². The Kier molecular flexibility index (Phi) is 18.3. The third-order valence-electron chi connectivity index (χ3n) is 5.42. The van der Waals surface area contributed by atoms with E-state index in [2.05, 4.69) is 79.2 Å². The van der Waals surface area contributed by atoms with Crippen molar-refractivity contribution in [2.24, 2.45) is 11.8 Å². The molecule has 0 aliphatic rings. The van der Waals surface area contributed by atoms with E-state index < -0.39 is 8.25 Å². The van der Waals surface area contributed by atoms with Crippen LogP contribution in [-0.2, 0) is 20.2 Å². The third-order valence-corrected chi connectivity index (χ3v) is 6.14. The van der Waals surface area contributed by atoms with Crippen LogP contribution in [0.25, 0.3) is 0 Å². The van der Waals surface area contributed by atoms with Gasteiger partial charge in [0.15, 0.2) is 0 Å². The van der Waals surface area contributed by atoms with Gasteiger partial charge in [-0.1, -0.05) is 96.6 Å². The Labute approximate surface area is 194 Å². The van der Waals surface area contributed by atoms with Crippen LogP contribution < -0.4 is 0 Å². The Hall–Kier alpha value is -0.800. The van der Waals surface area contributed by atoms with Crippen LogP contribution in [-0.4, -0.2) is 38.8 Å². The Bertz CT molecular complexity index is 523. The van der Waals surface area contributed by atoms with Crippen LogP contribution >= 0.6 is 8.25 Å². The predicted octanol–water partition coefficient (Wildman–Crippen LogP) is 8.00. The normalized spacial score (nSPS) is 13.8. The van der Waals surface area contributed by atoms with Gasteiger partial charge in [-0.2, -0.15) is 0 Å². The fourth-order valence-corrected chi connectivity index (χ4v) is 4.04. The minimum Gasteiger partial charge on any atom is -0.327 e. The summed E-state index contributed by atoms with van der Waals surface area (Å²) in [6.07, 6.45) is 9.31. The highest BCUT2D eigenvalue weighted by molar-refractivity contribution is 7.33. The summed E-state index contributed by atoms with van der Waals surface area (Å²) in [6.45, 7) is 10.9. The maximum Gasteiger partial charge on any atom is 0.697 e. The molecule has 2 unspecified atom stereocenters. The van der Waals surface area contributed by atoms with E-state index in [1.807, 2.05) is 0 Å². The van der Waals surface area contributed by atoms with Crippen LogP contribution in [0.4, 0.5) is 0 Å². The maximum atomic E-state index is 11.7. The highest BCUT2D eigenvalue weighted by atomic mass is 31.1. The zero-order chi connectivity index (χ0) is 23.5. The lowest BCUT2D eigenvalue weighted by Gasteiger charge is -2.23. The molecule has 0 N–H and O–H groups in total. The van der Waals surface area contributed by atoms with Crippen LogP contribution in [0.2, 0.25) is 0 Å². The molecule has 0 fully saturated rings. The SMILES string of the molecule is CCCCC(CC)CO[P+](=O)OCC(CC)CCCC.C[N+](C)(C)Cc1ccccc1. The molecule has 0 saturated heterocycles. The molecule has 0 heterocycles. The predicted molar refractivity (Wildman–Crippen MR) is 134 cm³/mol. The molecular formula is C26H50NO3P+2.